The Balaban J connectivity index is 0.00000161. The maximum Gasteiger partial charge on any atom is 0.200 e. The van der Waals surface area contributed by atoms with E-state index in [2.05, 4.69) is 32.8 Å². The summed E-state index contributed by atoms with van der Waals surface area (Å²) in [5.74, 6) is 1.21. The molecule has 1 fully saturated rings. The third kappa shape index (κ3) is 3.88. The standard InChI is InChI=1S/C15H21N5.ClH/c16-13-18-14(17-11-12-7-3-1-4-8-12)20-15(19-13)9-5-2-6-10-15;/h1,3-4,7-8H,2,5-6,9-11H2,(H4,16,17,18,19,20);1H. The Kier molecular flexibility index (Phi) is 5.07. The van der Waals surface area contributed by atoms with Gasteiger partial charge in [0.05, 0.1) is 6.54 Å². The summed E-state index contributed by atoms with van der Waals surface area (Å²) < 4.78 is 0. The lowest BCUT2D eigenvalue weighted by atomic mass is 9.89. The number of benzene rings is 1. The first kappa shape index (κ1) is 15.6. The van der Waals surface area contributed by atoms with Gasteiger partial charge < -0.3 is 11.1 Å². The molecular weight excluding hydrogens is 286 g/mol. The van der Waals surface area contributed by atoms with E-state index in [1.807, 2.05) is 18.2 Å². The van der Waals surface area contributed by atoms with E-state index in [1.54, 1.807) is 0 Å². The van der Waals surface area contributed by atoms with Crippen LogP contribution in [0.5, 0.6) is 0 Å². The summed E-state index contributed by atoms with van der Waals surface area (Å²) in [4.78, 5) is 9.16. The van der Waals surface area contributed by atoms with Gasteiger partial charge in [-0.25, -0.2) is 9.98 Å². The predicted octanol–water partition coefficient (Wildman–Crippen LogP) is 2.13. The molecule has 0 unspecified atom stereocenters. The zero-order valence-corrected chi connectivity index (χ0v) is 12.8. The van der Waals surface area contributed by atoms with Crippen molar-refractivity contribution in [3.63, 3.8) is 0 Å². The molecule has 3 rings (SSSR count). The van der Waals surface area contributed by atoms with Crippen LogP contribution in [-0.4, -0.2) is 17.6 Å². The topological polar surface area (TPSA) is 74.8 Å². The molecule has 0 amide bonds. The fourth-order valence-corrected chi connectivity index (χ4v) is 2.87. The molecule has 1 aliphatic carbocycles. The number of nitrogens with two attached hydrogens (primary N) is 1. The van der Waals surface area contributed by atoms with E-state index in [9.17, 15) is 0 Å². The number of nitrogens with zero attached hydrogens (tertiary/aromatic N) is 2. The van der Waals surface area contributed by atoms with E-state index in [-0.39, 0.29) is 18.1 Å². The molecule has 5 nitrogen and oxygen atoms in total. The fourth-order valence-electron chi connectivity index (χ4n) is 2.87. The van der Waals surface area contributed by atoms with Crippen molar-refractivity contribution in [1.29, 1.82) is 0 Å². The second-order valence-corrected chi connectivity index (χ2v) is 5.49. The Morgan fingerprint density at radius 2 is 1.86 bits per heavy atom. The summed E-state index contributed by atoms with van der Waals surface area (Å²) in [6.07, 6.45) is 5.72. The van der Waals surface area contributed by atoms with Crippen LogP contribution < -0.4 is 16.4 Å². The molecule has 0 saturated heterocycles. The molecular formula is C15H22ClN5. The molecule has 1 aromatic rings. The van der Waals surface area contributed by atoms with Gasteiger partial charge >= 0.3 is 0 Å². The summed E-state index contributed by atoms with van der Waals surface area (Å²) >= 11 is 0. The number of hydrogen-bond donors (Lipinski definition) is 3. The van der Waals surface area contributed by atoms with Crippen molar-refractivity contribution in [2.24, 2.45) is 15.7 Å². The monoisotopic (exact) mass is 307 g/mol. The lowest BCUT2D eigenvalue weighted by molar-refractivity contribution is 0.270. The Bertz CT molecular complexity index is 520. The molecule has 6 heteroatoms. The molecule has 21 heavy (non-hydrogen) atoms. The summed E-state index contributed by atoms with van der Waals surface area (Å²) in [5.41, 5.74) is 6.87. The van der Waals surface area contributed by atoms with Crippen molar-refractivity contribution in [2.45, 2.75) is 44.3 Å². The number of guanidine groups is 2. The molecule has 0 bridgehead atoms. The molecule has 0 atom stereocenters. The number of rotatable bonds is 2. The Morgan fingerprint density at radius 1 is 1.14 bits per heavy atom. The van der Waals surface area contributed by atoms with Gasteiger partial charge in [-0.2, -0.15) is 0 Å². The third-order valence-corrected chi connectivity index (χ3v) is 3.88. The summed E-state index contributed by atoms with van der Waals surface area (Å²) in [6, 6.07) is 10.2. The van der Waals surface area contributed by atoms with E-state index in [0.717, 1.165) is 18.8 Å². The Hall–Kier alpha value is -1.75. The van der Waals surface area contributed by atoms with Crippen LogP contribution in [-0.2, 0) is 6.54 Å². The van der Waals surface area contributed by atoms with Crippen LogP contribution in [0.4, 0.5) is 0 Å². The van der Waals surface area contributed by atoms with Crippen molar-refractivity contribution in [2.75, 3.05) is 0 Å². The quantitative estimate of drug-likeness (QED) is 0.783. The molecule has 2 aliphatic rings. The number of aliphatic imine (C=N–C) groups is 2. The van der Waals surface area contributed by atoms with Gasteiger partial charge in [0.2, 0.25) is 0 Å². The number of hydrogen-bond acceptors (Lipinski definition) is 3. The second-order valence-electron chi connectivity index (χ2n) is 5.49. The number of nitrogens with one attached hydrogen (secondary N) is 2. The molecule has 1 aromatic carbocycles. The molecule has 114 valence electrons. The van der Waals surface area contributed by atoms with Crippen molar-refractivity contribution in [3.05, 3.63) is 35.9 Å². The molecule has 1 saturated carbocycles. The molecule has 1 heterocycles. The van der Waals surface area contributed by atoms with Crippen molar-refractivity contribution < 1.29 is 0 Å². The molecule has 4 N–H and O–H groups in total. The van der Waals surface area contributed by atoms with Gasteiger partial charge in [-0.3, -0.25) is 5.32 Å². The molecule has 0 aromatic heterocycles. The van der Waals surface area contributed by atoms with E-state index < -0.39 is 0 Å². The van der Waals surface area contributed by atoms with Crippen LogP contribution >= 0.6 is 12.4 Å². The second kappa shape index (κ2) is 6.80. The van der Waals surface area contributed by atoms with Crippen LogP contribution in [0.25, 0.3) is 0 Å². The van der Waals surface area contributed by atoms with E-state index in [1.165, 1.54) is 24.8 Å². The van der Waals surface area contributed by atoms with Gasteiger partial charge in [0.25, 0.3) is 0 Å². The maximum atomic E-state index is 5.92. The third-order valence-electron chi connectivity index (χ3n) is 3.88. The molecule has 1 aliphatic heterocycles. The van der Waals surface area contributed by atoms with E-state index >= 15 is 0 Å². The van der Waals surface area contributed by atoms with Gasteiger partial charge in [-0.1, -0.05) is 36.8 Å². The lowest BCUT2D eigenvalue weighted by Crippen LogP contribution is -2.60. The van der Waals surface area contributed by atoms with Crippen LogP contribution in [0.15, 0.2) is 40.3 Å². The predicted molar refractivity (Wildman–Crippen MR) is 88.5 cm³/mol. The van der Waals surface area contributed by atoms with Crippen LogP contribution in [0.1, 0.15) is 37.7 Å². The first-order valence-corrected chi connectivity index (χ1v) is 7.25. The average molecular weight is 308 g/mol. The Morgan fingerprint density at radius 3 is 2.57 bits per heavy atom. The maximum absolute atomic E-state index is 5.92. The van der Waals surface area contributed by atoms with Crippen molar-refractivity contribution >= 4 is 24.3 Å². The van der Waals surface area contributed by atoms with Crippen LogP contribution in [0.3, 0.4) is 0 Å². The van der Waals surface area contributed by atoms with E-state index in [4.69, 9.17) is 5.73 Å². The minimum absolute atomic E-state index is 0. The van der Waals surface area contributed by atoms with Gasteiger partial charge in [0, 0.05) is 0 Å². The molecule has 0 radical (unpaired) electrons. The highest BCUT2D eigenvalue weighted by atomic mass is 35.5. The van der Waals surface area contributed by atoms with Gasteiger partial charge in [-0.05, 0) is 31.2 Å². The smallest absolute Gasteiger partial charge is 0.200 e. The zero-order valence-electron chi connectivity index (χ0n) is 12.0. The minimum Gasteiger partial charge on any atom is -0.370 e. The summed E-state index contributed by atoms with van der Waals surface area (Å²) in [5, 5.41) is 6.47. The van der Waals surface area contributed by atoms with Gasteiger partial charge in [0.1, 0.15) is 5.66 Å². The van der Waals surface area contributed by atoms with Crippen LogP contribution in [0, 0.1) is 0 Å². The van der Waals surface area contributed by atoms with E-state index in [0.29, 0.717) is 12.5 Å². The normalized spacial score (nSPS) is 21.9. The van der Waals surface area contributed by atoms with Crippen molar-refractivity contribution in [1.82, 2.24) is 10.6 Å². The first-order valence-electron chi connectivity index (χ1n) is 7.25. The highest BCUT2D eigenvalue weighted by Crippen LogP contribution is 2.30. The first-order chi connectivity index (χ1) is 9.76. The highest BCUT2D eigenvalue weighted by molar-refractivity contribution is 6.00. The Labute approximate surface area is 131 Å². The van der Waals surface area contributed by atoms with Gasteiger partial charge in [0.15, 0.2) is 11.9 Å². The molecule has 1 spiro atoms. The summed E-state index contributed by atoms with van der Waals surface area (Å²) in [6.45, 7) is 0.638. The average Bonchev–Trinajstić information content (AvgIpc) is 2.46. The highest BCUT2D eigenvalue weighted by Gasteiger charge is 2.35. The minimum atomic E-state index is -0.233. The fraction of sp³-hybridized carbons (Fsp3) is 0.467. The largest absolute Gasteiger partial charge is 0.370 e. The summed E-state index contributed by atoms with van der Waals surface area (Å²) in [7, 11) is 0. The number of halogens is 1. The van der Waals surface area contributed by atoms with Crippen molar-refractivity contribution in [3.8, 4) is 0 Å². The zero-order chi connectivity index (χ0) is 13.8. The lowest BCUT2D eigenvalue weighted by Gasteiger charge is -2.38. The SMILES string of the molecule is Cl.NC1=NC2(CCCCC2)NC(=NCc2ccccc2)N1. The van der Waals surface area contributed by atoms with Gasteiger partial charge in [-0.15, -0.1) is 12.4 Å². The van der Waals surface area contributed by atoms with Crippen LogP contribution in [0.2, 0.25) is 0 Å².